The van der Waals surface area contributed by atoms with Crippen LogP contribution < -0.4 is 9.64 Å². The number of carbonyl (C=O) groups excluding carboxylic acids is 1. The van der Waals surface area contributed by atoms with E-state index in [2.05, 4.69) is 6.07 Å². The Labute approximate surface area is 124 Å². The van der Waals surface area contributed by atoms with Crippen molar-refractivity contribution in [1.82, 2.24) is 0 Å². The highest BCUT2D eigenvalue weighted by Gasteiger charge is 2.35. The summed E-state index contributed by atoms with van der Waals surface area (Å²) in [6.45, 7) is 4.62. The number of ether oxygens (including phenoxy) is 1. The Balaban J connectivity index is 2.10. The molecule has 1 aromatic carbocycles. The Hall–Kier alpha value is -2.28. The fourth-order valence-corrected chi connectivity index (χ4v) is 2.90. The molecule has 0 saturated carbocycles. The van der Waals surface area contributed by atoms with Gasteiger partial charge in [0.25, 0.3) is 0 Å². The minimum absolute atomic E-state index is 0.173. The van der Waals surface area contributed by atoms with Gasteiger partial charge in [0.15, 0.2) is 5.78 Å². The maximum Gasteiger partial charge on any atom is 0.178 e. The predicted molar refractivity (Wildman–Crippen MR) is 80.2 cm³/mol. The van der Waals surface area contributed by atoms with Gasteiger partial charge in [-0.1, -0.05) is 6.08 Å². The summed E-state index contributed by atoms with van der Waals surface area (Å²) in [5.74, 6) is 0.900. The van der Waals surface area contributed by atoms with Crippen molar-refractivity contribution in [3.05, 3.63) is 35.5 Å². The molecule has 0 unspecified atom stereocenters. The predicted octanol–water partition coefficient (Wildman–Crippen LogP) is 3.17. The number of carbonyl (C=O) groups is 1. The van der Waals surface area contributed by atoms with Gasteiger partial charge in [-0.2, -0.15) is 5.26 Å². The number of nitriles is 1. The molecule has 0 amide bonds. The Morgan fingerprint density at radius 2 is 2.19 bits per heavy atom. The first-order valence-corrected chi connectivity index (χ1v) is 7.24. The third-order valence-corrected chi connectivity index (χ3v) is 3.83. The van der Waals surface area contributed by atoms with Crippen LogP contribution in [0, 0.1) is 11.3 Å². The normalized spacial score (nSPS) is 20.1. The summed E-state index contributed by atoms with van der Waals surface area (Å²) in [7, 11) is 0. The van der Waals surface area contributed by atoms with E-state index in [1.54, 1.807) is 12.1 Å². The van der Waals surface area contributed by atoms with E-state index in [4.69, 9.17) is 10.00 Å². The number of ketones is 1. The highest BCUT2D eigenvalue weighted by molar-refractivity contribution is 6.00. The monoisotopic (exact) mass is 282 g/mol. The average Bonchev–Trinajstić information content (AvgIpc) is 2.46. The number of rotatable bonds is 1. The van der Waals surface area contributed by atoms with Crippen LogP contribution in [0.3, 0.4) is 0 Å². The van der Waals surface area contributed by atoms with E-state index >= 15 is 0 Å². The zero-order valence-corrected chi connectivity index (χ0v) is 12.3. The molecule has 1 aromatic rings. The molecule has 1 heterocycles. The lowest BCUT2D eigenvalue weighted by Gasteiger charge is -2.42. The molecule has 0 spiro atoms. The minimum atomic E-state index is -0.375. The van der Waals surface area contributed by atoms with E-state index < -0.39 is 0 Å². The molecule has 1 aliphatic heterocycles. The summed E-state index contributed by atoms with van der Waals surface area (Å²) >= 11 is 0. The number of hydrogen-bond acceptors (Lipinski definition) is 4. The Kier molecular flexibility index (Phi) is 3.21. The standard InChI is InChI=1S/C17H18N2O2/c1-17(2)11-19(13-5-3-4-6-15(13)20)14-9-12(10-18)7-8-16(14)21-17/h5,7-9H,3-4,6,11H2,1-2H3. The van der Waals surface area contributed by atoms with Gasteiger partial charge in [-0.3, -0.25) is 4.79 Å². The zero-order chi connectivity index (χ0) is 15.0. The third kappa shape index (κ3) is 2.52. The molecule has 1 aliphatic carbocycles. The third-order valence-electron chi connectivity index (χ3n) is 3.83. The van der Waals surface area contributed by atoms with Gasteiger partial charge in [0.2, 0.25) is 0 Å². The molecule has 0 atom stereocenters. The second-order valence-electron chi connectivity index (χ2n) is 6.15. The maximum atomic E-state index is 12.3. The van der Waals surface area contributed by atoms with Gasteiger partial charge >= 0.3 is 0 Å². The zero-order valence-electron chi connectivity index (χ0n) is 12.3. The first-order chi connectivity index (χ1) is 10.00. The second kappa shape index (κ2) is 4.92. The summed E-state index contributed by atoms with van der Waals surface area (Å²) in [4.78, 5) is 14.3. The van der Waals surface area contributed by atoms with Crippen LogP contribution >= 0.6 is 0 Å². The molecule has 0 saturated heterocycles. The van der Waals surface area contributed by atoms with E-state index in [0.717, 1.165) is 30.0 Å². The summed E-state index contributed by atoms with van der Waals surface area (Å²) in [6.07, 6.45) is 4.44. The molecule has 0 aromatic heterocycles. The smallest absolute Gasteiger partial charge is 0.178 e. The topological polar surface area (TPSA) is 53.3 Å². The molecule has 4 nitrogen and oxygen atoms in total. The van der Waals surface area contributed by atoms with Gasteiger partial charge in [0.1, 0.15) is 11.4 Å². The highest BCUT2D eigenvalue weighted by Crippen LogP contribution is 2.40. The van der Waals surface area contributed by atoms with Gasteiger partial charge < -0.3 is 9.64 Å². The second-order valence-corrected chi connectivity index (χ2v) is 6.15. The molecular formula is C17H18N2O2. The number of allylic oxidation sites excluding steroid dienone is 2. The van der Waals surface area contributed by atoms with Crippen molar-refractivity contribution in [3.63, 3.8) is 0 Å². The van der Waals surface area contributed by atoms with Crippen molar-refractivity contribution in [1.29, 1.82) is 5.26 Å². The summed E-state index contributed by atoms with van der Waals surface area (Å²) < 4.78 is 5.99. The number of anilines is 1. The van der Waals surface area contributed by atoms with Crippen LogP contribution in [0.2, 0.25) is 0 Å². The van der Waals surface area contributed by atoms with E-state index in [-0.39, 0.29) is 11.4 Å². The molecule has 0 bridgehead atoms. The summed E-state index contributed by atoms with van der Waals surface area (Å²) in [5.41, 5.74) is 1.76. The largest absolute Gasteiger partial charge is 0.484 e. The van der Waals surface area contributed by atoms with Crippen LogP contribution in [0.25, 0.3) is 0 Å². The number of Topliss-reactive ketones (excluding diaryl/α,β-unsaturated/α-hetero) is 1. The number of benzene rings is 1. The van der Waals surface area contributed by atoms with Crippen LogP contribution in [0.15, 0.2) is 30.0 Å². The molecular weight excluding hydrogens is 264 g/mol. The lowest BCUT2D eigenvalue weighted by molar-refractivity contribution is -0.116. The van der Waals surface area contributed by atoms with Crippen LogP contribution in [0.1, 0.15) is 38.7 Å². The van der Waals surface area contributed by atoms with Crippen molar-refractivity contribution in [2.75, 3.05) is 11.4 Å². The lowest BCUT2D eigenvalue weighted by atomic mass is 9.97. The molecule has 0 N–H and O–H groups in total. The minimum Gasteiger partial charge on any atom is -0.484 e. The van der Waals surface area contributed by atoms with E-state index in [1.807, 2.05) is 30.9 Å². The number of nitrogens with zero attached hydrogens (tertiary/aromatic N) is 2. The number of hydrogen-bond donors (Lipinski definition) is 0. The Bertz CT molecular complexity index is 668. The molecule has 0 radical (unpaired) electrons. The molecule has 0 fully saturated rings. The molecule has 2 aliphatic rings. The summed E-state index contributed by atoms with van der Waals surface area (Å²) in [6, 6.07) is 7.51. The lowest BCUT2D eigenvalue weighted by Crippen LogP contribution is -2.47. The Morgan fingerprint density at radius 1 is 1.38 bits per heavy atom. The number of fused-ring (bicyclic) bond motifs is 1. The Morgan fingerprint density at radius 3 is 2.90 bits per heavy atom. The SMILES string of the molecule is CC1(C)CN(C2=CCCCC2=O)c2cc(C#N)ccc2O1. The quantitative estimate of drug-likeness (QED) is 0.794. The van der Waals surface area contributed by atoms with E-state index in [1.165, 1.54) is 0 Å². The van der Waals surface area contributed by atoms with Gasteiger partial charge in [-0.15, -0.1) is 0 Å². The van der Waals surface area contributed by atoms with E-state index in [9.17, 15) is 4.79 Å². The van der Waals surface area contributed by atoms with Crippen molar-refractivity contribution < 1.29 is 9.53 Å². The molecule has 21 heavy (non-hydrogen) atoms. The van der Waals surface area contributed by atoms with Crippen molar-refractivity contribution >= 4 is 11.5 Å². The highest BCUT2D eigenvalue weighted by atomic mass is 16.5. The maximum absolute atomic E-state index is 12.3. The van der Waals surface area contributed by atoms with Gasteiger partial charge in [-0.05, 0) is 44.9 Å². The average molecular weight is 282 g/mol. The molecule has 3 rings (SSSR count). The fourth-order valence-electron chi connectivity index (χ4n) is 2.90. The van der Waals surface area contributed by atoms with Crippen molar-refractivity contribution in [2.24, 2.45) is 0 Å². The first-order valence-electron chi connectivity index (χ1n) is 7.24. The van der Waals surface area contributed by atoms with Crippen LogP contribution in [-0.4, -0.2) is 17.9 Å². The van der Waals surface area contributed by atoms with Crippen LogP contribution in [-0.2, 0) is 4.79 Å². The molecule has 108 valence electrons. The van der Waals surface area contributed by atoms with Gasteiger partial charge in [-0.25, -0.2) is 0 Å². The van der Waals surface area contributed by atoms with E-state index in [0.29, 0.717) is 18.5 Å². The fraction of sp³-hybridized carbons (Fsp3) is 0.412. The van der Waals surface area contributed by atoms with Crippen molar-refractivity contribution in [3.8, 4) is 11.8 Å². The summed E-state index contributed by atoms with van der Waals surface area (Å²) in [5, 5.41) is 9.10. The van der Waals surface area contributed by atoms with Gasteiger partial charge in [0.05, 0.1) is 29.6 Å². The van der Waals surface area contributed by atoms with Gasteiger partial charge in [0, 0.05) is 6.42 Å². The van der Waals surface area contributed by atoms with Crippen molar-refractivity contribution in [2.45, 2.75) is 38.7 Å². The molecule has 4 heteroatoms. The van der Waals surface area contributed by atoms with Crippen LogP contribution in [0.4, 0.5) is 5.69 Å². The first kappa shape index (κ1) is 13.7. The van der Waals surface area contributed by atoms with Crippen LogP contribution in [0.5, 0.6) is 5.75 Å².